The first-order chi connectivity index (χ1) is 8.86. The molecule has 5 heteroatoms. The van der Waals surface area contributed by atoms with Gasteiger partial charge in [0.25, 0.3) is 0 Å². The quantitative estimate of drug-likeness (QED) is 0.833. The number of ketones is 1. The number of allylic oxidation sites excluding steroid dienone is 1. The van der Waals surface area contributed by atoms with Crippen molar-refractivity contribution in [1.82, 2.24) is 4.98 Å². The Morgan fingerprint density at radius 1 is 1.53 bits per heavy atom. The topological polar surface area (TPSA) is 63.0 Å². The summed E-state index contributed by atoms with van der Waals surface area (Å²) in [6.45, 7) is 5.65. The first-order valence-corrected chi connectivity index (χ1v) is 6.88. The zero-order valence-electron chi connectivity index (χ0n) is 11.5. The van der Waals surface area contributed by atoms with Gasteiger partial charge in [-0.05, 0) is 19.4 Å². The number of nitrogens with zero attached hydrogens (tertiary/aromatic N) is 2. The first-order valence-electron chi connectivity index (χ1n) is 6.00. The van der Waals surface area contributed by atoms with Gasteiger partial charge in [-0.1, -0.05) is 13.8 Å². The Morgan fingerprint density at radius 2 is 2.21 bits per heavy atom. The fraction of sp³-hybridized carbons (Fsp3) is 0.500. The maximum atomic E-state index is 12.2. The van der Waals surface area contributed by atoms with Gasteiger partial charge in [-0.25, -0.2) is 4.98 Å². The highest BCUT2D eigenvalue weighted by molar-refractivity contribution is 7.09. The van der Waals surface area contributed by atoms with E-state index in [1.165, 1.54) is 11.3 Å². The Kier molecular flexibility index (Phi) is 3.33. The summed E-state index contributed by atoms with van der Waals surface area (Å²) in [7, 11) is 1.59. The van der Waals surface area contributed by atoms with Crippen molar-refractivity contribution in [2.45, 2.75) is 32.8 Å². The standard InChI is InChI=1S/C14H16N2O2S/c1-9-11(16-8-19-9)14(18-4)5-10(6-15)12(17)13(2,3)7-14/h5,8H,7H2,1-4H3/t14-/m1/s1. The highest BCUT2D eigenvalue weighted by Crippen LogP contribution is 2.45. The number of carbonyl (C=O) groups excluding carboxylic acids is 1. The fourth-order valence-corrected chi connectivity index (χ4v) is 3.28. The second kappa shape index (κ2) is 4.55. The number of Topliss-reactive ketones (excluding diaryl/α,β-unsaturated/α-hetero) is 1. The van der Waals surface area contributed by atoms with E-state index < -0.39 is 11.0 Å². The molecule has 0 radical (unpaired) electrons. The minimum atomic E-state index is -0.785. The molecule has 1 aromatic rings. The van der Waals surface area contributed by atoms with Crippen LogP contribution in [0.5, 0.6) is 0 Å². The first kappa shape index (κ1) is 13.9. The summed E-state index contributed by atoms with van der Waals surface area (Å²) >= 11 is 1.53. The van der Waals surface area contributed by atoms with Gasteiger partial charge in [-0.2, -0.15) is 5.26 Å². The number of aromatic nitrogens is 1. The third-order valence-electron chi connectivity index (χ3n) is 3.57. The second-order valence-electron chi connectivity index (χ2n) is 5.41. The SMILES string of the molecule is CO[C@]1(c2ncsc2C)C=C(C#N)C(=O)C(C)(C)C1. The van der Waals surface area contributed by atoms with E-state index in [0.717, 1.165) is 10.6 Å². The molecule has 1 atom stereocenters. The summed E-state index contributed by atoms with van der Waals surface area (Å²) in [6, 6.07) is 1.99. The zero-order valence-corrected chi connectivity index (χ0v) is 12.3. The van der Waals surface area contributed by atoms with Crippen LogP contribution in [-0.2, 0) is 15.1 Å². The molecular weight excluding hydrogens is 260 g/mol. The summed E-state index contributed by atoms with van der Waals surface area (Å²) in [4.78, 5) is 17.6. The van der Waals surface area contributed by atoms with Crippen molar-refractivity contribution in [3.8, 4) is 6.07 Å². The molecule has 0 fully saturated rings. The molecular formula is C14H16N2O2S. The van der Waals surface area contributed by atoms with Crippen molar-refractivity contribution >= 4 is 17.1 Å². The molecule has 1 aromatic heterocycles. The lowest BCUT2D eigenvalue weighted by molar-refractivity contribution is -0.128. The highest BCUT2D eigenvalue weighted by atomic mass is 32.1. The summed E-state index contributed by atoms with van der Waals surface area (Å²) in [6.07, 6.45) is 2.12. The minimum Gasteiger partial charge on any atom is -0.368 e. The van der Waals surface area contributed by atoms with E-state index in [0.29, 0.717) is 6.42 Å². The minimum absolute atomic E-state index is 0.129. The molecule has 0 saturated carbocycles. The van der Waals surface area contributed by atoms with Gasteiger partial charge in [0.2, 0.25) is 0 Å². The molecule has 0 aromatic carbocycles. The molecule has 4 nitrogen and oxygen atoms in total. The summed E-state index contributed by atoms with van der Waals surface area (Å²) in [5, 5.41) is 9.18. The molecule has 0 saturated heterocycles. The number of hydrogen-bond donors (Lipinski definition) is 0. The van der Waals surface area contributed by atoms with E-state index in [4.69, 9.17) is 4.74 Å². The maximum Gasteiger partial charge on any atom is 0.178 e. The van der Waals surface area contributed by atoms with Crippen molar-refractivity contribution in [3.05, 3.63) is 27.7 Å². The molecule has 2 rings (SSSR count). The normalized spacial score (nSPS) is 25.8. The van der Waals surface area contributed by atoms with Crippen LogP contribution < -0.4 is 0 Å². The predicted molar refractivity (Wildman–Crippen MR) is 72.6 cm³/mol. The van der Waals surface area contributed by atoms with Gasteiger partial charge in [0.15, 0.2) is 5.78 Å². The average molecular weight is 276 g/mol. The number of carbonyl (C=O) groups is 1. The molecule has 0 amide bonds. The monoisotopic (exact) mass is 276 g/mol. The van der Waals surface area contributed by atoms with Crippen molar-refractivity contribution < 1.29 is 9.53 Å². The van der Waals surface area contributed by atoms with E-state index in [1.807, 2.05) is 26.8 Å². The molecule has 1 aliphatic carbocycles. The molecule has 0 bridgehead atoms. The number of nitriles is 1. The summed E-state index contributed by atoms with van der Waals surface area (Å²) in [5.41, 5.74) is 1.30. The molecule has 0 N–H and O–H groups in total. The Hall–Kier alpha value is -1.51. The molecule has 0 unspecified atom stereocenters. The van der Waals surface area contributed by atoms with Crippen LogP contribution in [0.4, 0.5) is 0 Å². The van der Waals surface area contributed by atoms with E-state index in [9.17, 15) is 10.1 Å². The van der Waals surface area contributed by atoms with Crippen molar-refractivity contribution in [2.75, 3.05) is 7.11 Å². The fourth-order valence-electron chi connectivity index (χ4n) is 2.63. The van der Waals surface area contributed by atoms with Crippen LogP contribution in [-0.4, -0.2) is 17.9 Å². The lowest BCUT2D eigenvalue weighted by atomic mass is 9.68. The highest BCUT2D eigenvalue weighted by Gasteiger charge is 2.48. The van der Waals surface area contributed by atoms with Gasteiger partial charge in [0.1, 0.15) is 11.7 Å². The number of methoxy groups -OCH3 is 1. The predicted octanol–water partition coefficient (Wildman–Crippen LogP) is 2.74. The number of hydrogen-bond acceptors (Lipinski definition) is 5. The molecule has 100 valence electrons. The maximum absolute atomic E-state index is 12.2. The Balaban J connectivity index is 2.65. The molecule has 1 aliphatic rings. The lowest BCUT2D eigenvalue weighted by Crippen LogP contribution is -2.42. The van der Waals surface area contributed by atoms with Crippen LogP contribution in [0, 0.1) is 23.7 Å². The number of ether oxygens (including phenoxy) is 1. The average Bonchev–Trinajstić information content (AvgIpc) is 2.79. The van der Waals surface area contributed by atoms with Gasteiger partial charge in [0.05, 0.1) is 16.8 Å². The number of thiazole rings is 1. The molecule has 19 heavy (non-hydrogen) atoms. The Labute approximate surface area is 116 Å². The van der Waals surface area contributed by atoms with Gasteiger partial charge in [-0.15, -0.1) is 11.3 Å². The van der Waals surface area contributed by atoms with E-state index >= 15 is 0 Å². The summed E-state index contributed by atoms with van der Waals surface area (Å²) in [5.74, 6) is -0.129. The van der Waals surface area contributed by atoms with Gasteiger partial charge in [0, 0.05) is 17.4 Å². The lowest BCUT2D eigenvalue weighted by Gasteiger charge is -2.39. The van der Waals surface area contributed by atoms with Crippen molar-refractivity contribution in [3.63, 3.8) is 0 Å². The number of aryl methyl sites for hydroxylation is 1. The summed E-state index contributed by atoms with van der Waals surface area (Å²) < 4.78 is 5.68. The van der Waals surface area contributed by atoms with Gasteiger partial charge >= 0.3 is 0 Å². The largest absolute Gasteiger partial charge is 0.368 e. The number of rotatable bonds is 2. The third-order valence-corrected chi connectivity index (χ3v) is 4.33. The van der Waals surface area contributed by atoms with Gasteiger partial charge < -0.3 is 4.74 Å². The van der Waals surface area contributed by atoms with Crippen LogP contribution in [0.2, 0.25) is 0 Å². The van der Waals surface area contributed by atoms with Crippen LogP contribution in [0.15, 0.2) is 17.2 Å². The smallest absolute Gasteiger partial charge is 0.178 e. The zero-order chi connectivity index (χ0) is 14.3. The van der Waals surface area contributed by atoms with Crippen LogP contribution in [0.3, 0.4) is 0 Å². The Bertz CT molecular complexity index is 595. The van der Waals surface area contributed by atoms with Crippen LogP contribution in [0.25, 0.3) is 0 Å². The van der Waals surface area contributed by atoms with E-state index in [2.05, 4.69) is 4.98 Å². The second-order valence-corrected chi connectivity index (χ2v) is 6.47. The van der Waals surface area contributed by atoms with E-state index in [1.54, 1.807) is 18.7 Å². The molecule has 0 aliphatic heterocycles. The molecule has 0 spiro atoms. The van der Waals surface area contributed by atoms with Crippen molar-refractivity contribution in [2.24, 2.45) is 5.41 Å². The Morgan fingerprint density at radius 3 is 2.68 bits per heavy atom. The molecule has 1 heterocycles. The van der Waals surface area contributed by atoms with Gasteiger partial charge in [-0.3, -0.25) is 4.79 Å². The third kappa shape index (κ3) is 2.11. The van der Waals surface area contributed by atoms with Crippen molar-refractivity contribution in [1.29, 1.82) is 5.26 Å². The van der Waals surface area contributed by atoms with Crippen LogP contribution in [0.1, 0.15) is 30.8 Å². The van der Waals surface area contributed by atoms with Crippen LogP contribution >= 0.6 is 11.3 Å². The van der Waals surface area contributed by atoms with E-state index in [-0.39, 0.29) is 11.4 Å².